The van der Waals surface area contributed by atoms with E-state index in [0.717, 1.165) is 6.42 Å². The summed E-state index contributed by atoms with van der Waals surface area (Å²) in [6.07, 6.45) is 4.29. The lowest BCUT2D eigenvalue weighted by molar-refractivity contribution is -0.116. The topological polar surface area (TPSA) is 43.1 Å². The van der Waals surface area contributed by atoms with Crippen molar-refractivity contribution in [1.82, 2.24) is 0 Å². The van der Waals surface area contributed by atoms with E-state index in [0.29, 0.717) is 0 Å². The number of carbonyl (C=O) groups is 1. The Bertz CT molecular complexity index is 182. The van der Waals surface area contributed by atoms with Gasteiger partial charge in [-0.05, 0) is 17.9 Å². The molecule has 1 aliphatic rings. The van der Waals surface area contributed by atoms with Crippen LogP contribution in [0.1, 0.15) is 20.3 Å². The van der Waals surface area contributed by atoms with E-state index in [9.17, 15) is 4.79 Å². The highest BCUT2D eigenvalue weighted by atomic mass is 16.1. The Morgan fingerprint density at radius 1 is 1.70 bits per heavy atom. The van der Waals surface area contributed by atoms with Gasteiger partial charge in [-0.2, -0.15) is 0 Å². The Hall–Kier alpha value is -0.630. The molecule has 0 saturated carbocycles. The van der Waals surface area contributed by atoms with Crippen LogP contribution >= 0.6 is 0 Å². The van der Waals surface area contributed by atoms with E-state index in [1.54, 1.807) is 6.08 Å². The van der Waals surface area contributed by atoms with Crippen molar-refractivity contribution in [3.8, 4) is 0 Å². The summed E-state index contributed by atoms with van der Waals surface area (Å²) in [5.74, 6) is 0.0549. The standard InChI is InChI=1S/C8H13NO/c1-8(2)4-3-7(10)6(9)5-8/h3-4,6H,5,9H2,1-2H3. The molecular formula is C8H13NO. The van der Waals surface area contributed by atoms with Crippen LogP contribution in [0.4, 0.5) is 0 Å². The van der Waals surface area contributed by atoms with Gasteiger partial charge in [0.2, 0.25) is 0 Å². The highest BCUT2D eigenvalue weighted by Gasteiger charge is 2.26. The van der Waals surface area contributed by atoms with Crippen molar-refractivity contribution in [2.24, 2.45) is 11.1 Å². The van der Waals surface area contributed by atoms with Gasteiger partial charge in [0.1, 0.15) is 0 Å². The summed E-state index contributed by atoms with van der Waals surface area (Å²) in [6, 6.07) is -0.278. The van der Waals surface area contributed by atoms with Crippen LogP contribution in [-0.4, -0.2) is 11.8 Å². The van der Waals surface area contributed by atoms with Gasteiger partial charge in [-0.25, -0.2) is 0 Å². The third-order valence-electron chi connectivity index (χ3n) is 1.81. The van der Waals surface area contributed by atoms with Gasteiger partial charge >= 0.3 is 0 Å². The highest BCUT2D eigenvalue weighted by molar-refractivity contribution is 5.95. The zero-order valence-electron chi connectivity index (χ0n) is 6.42. The monoisotopic (exact) mass is 139 g/mol. The fourth-order valence-corrected chi connectivity index (χ4v) is 1.17. The summed E-state index contributed by atoms with van der Waals surface area (Å²) in [5.41, 5.74) is 5.66. The molecule has 2 N–H and O–H groups in total. The van der Waals surface area contributed by atoms with Crippen LogP contribution in [0.5, 0.6) is 0 Å². The number of ketones is 1. The summed E-state index contributed by atoms with van der Waals surface area (Å²) in [4.78, 5) is 10.9. The number of hydrogen-bond acceptors (Lipinski definition) is 2. The average molecular weight is 139 g/mol. The molecule has 0 spiro atoms. The minimum atomic E-state index is -0.278. The summed E-state index contributed by atoms with van der Waals surface area (Å²) in [6.45, 7) is 4.16. The molecule has 0 fully saturated rings. The largest absolute Gasteiger partial charge is 0.321 e. The number of nitrogens with two attached hydrogens (primary N) is 1. The Kier molecular flexibility index (Phi) is 1.65. The van der Waals surface area contributed by atoms with Gasteiger partial charge in [0.05, 0.1) is 6.04 Å². The SMILES string of the molecule is CC1(C)C=CC(=O)C(N)C1. The number of hydrogen-bond donors (Lipinski definition) is 1. The molecule has 2 heteroatoms. The molecule has 2 nitrogen and oxygen atoms in total. The molecule has 0 heterocycles. The molecular weight excluding hydrogens is 126 g/mol. The first-order chi connectivity index (χ1) is 4.51. The van der Waals surface area contributed by atoms with Crippen molar-refractivity contribution in [3.63, 3.8) is 0 Å². The summed E-state index contributed by atoms with van der Waals surface area (Å²) < 4.78 is 0. The predicted octanol–water partition coefficient (Wildman–Crippen LogP) is 0.869. The minimum absolute atomic E-state index is 0.0549. The van der Waals surface area contributed by atoms with Crippen LogP contribution in [0.2, 0.25) is 0 Å². The summed E-state index contributed by atoms with van der Waals surface area (Å²) in [7, 11) is 0. The second kappa shape index (κ2) is 2.20. The van der Waals surface area contributed by atoms with E-state index in [1.165, 1.54) is 0 Å². The van der Waals surface area contributed by atoms with Crippen molar-refractivity contribution in [2.75, 3.05) is 0 Å². The predicted molar refractivity (Wildman–Crippen MR) is 40.5 cm³/mol. The molecule has 0 radical (unpaired) electrons. The van der Waals surface area contributed by atoms with E-state index in [2.05, 4.69) is 13.8 Å². The van der Waals surface area contributed by atoms with Crippen molar-refractivity contribution >= 4 is 5.78 Å². The lowest BCUT2D eigenvalue weighted by Crippen LogP contribution is -2.36. The fourth-order valence-electron chi connectivity index (χ4n) is 1.17. The second-order valence-corrected chi connectivity index (χ2v) is 3.53. The Morgan fingerprint density at radius 3 is 2.70 bits per heavy atom. The Balaban J connectivity index is 2.78. The van der Waals surface area contributed by atoms with E-state index in [4.69, 9.17) is 5.73 Å². The molecule has 0 aromatic heterocycles. The van der Waals surface area contributed by atoms with Gasteiger partial charge in [-0.1, -0.05) is 19.9 Å². The van der Waals surface area contributed by atoms with E-state index in [1.807, 2.05) is 6.08 Å². The summed E-state index contributed by atoms with van der Waals surface area (Å²) in [5, 5.41) is 0. The van der Waals surface area contributed by atoms with Crippen LogP contribution in [0.25, 0.3) is 0 Å². The number of rotatable bonds is 0. The molecule has 0 bridgehead atoms. The van der Waals surface area contributed by atoms with Crippen LogP contribution in [0, 0.1) is 5.41 Å². The molecule has 0 amide bonds. The van der Waals surface area contributed by atoms with E-state index < -0.39 is 0 Å². The van der Waals surface area contributed by atoms with Crippen LogP contribution in [0.15, 0.2) is 12.2 Å². The molecule has 1 rings (SSSR count). The molecule has 0 aromatic carbocycles. The van der Waals surface area contributed by atoms with E-state index in [-0.39, 0.29) is 17.2 Å². The fraction of sp³-hybridized carbons (Fsp3) is 0.625. The smallest absolute Gasteiger partial charge is 0.172 e. The van der Waals surface area contributed by atoms with Crippen LogP contribution < -0.4 is 5.73 Å². The maximum absolute atomic E-state index is 10.9. The Morgan fingerprint density at radius 2 is 2.30 bits per heavy atom. The number of allylic oxidation sites excluding steroid dienone is 1. The van der Waals surface area contributed by atoms with Crippen molar-refractivity contribution < 1.29 is 4.79 Å². The number of carbonyl (C=O) groups excluding carboxylic acids is 1. The van der Waals surface area contributed by atoms with Gasteiger partial charge in [-0.15, -0.1) is 0 Å². The van der Waals surface area contributed by atoms with Crippen LogP contribution in [0.3, 0.4) is 0 Å². The minimum Gasteiger partial charge on any atom is -0.321 e. The molecule has 1 aliphatic carbocycles. The molecule has 0 aromatic rings. The van der Waals surface area contributed by atoms with Crippen molar-refractivity contribution in [1.29, 1.82) is 0 Å². The average Bonchev–Trinajstić information content (AvgIpc) is 1.79. The summed E-state index contributed by atoms with van der Waals surface area (Å²) >= 11 is 0. The Labute approximate surface area is 61.1 Å². The zero-order valence-corrected chi connectivity index (χ0v) is 6.42. The van der Waals surface area contributed by atoms with Gasteiger partial charge in [-0.3, -0.25) is 4.79 Å². The van der Waals surface area contributed by atoms with Gasteiger partial charge < -0.3 is 5.73 Å². The van der Waals surface area contributed by atoms with Gasteiger partial charge in [0.15, 0.2) is 5.78 Å². The first kappa shape index (κ1) is 7.48. The third-order valence-corrected chi connectivity index (χ3v) is 1.81. The van der Waals surface area contributed by atoms with E-state index >= 15 is 0 Å². The van der Waals surface area contributed by atoms with Crippen molar-refractivity contribution in [3.05, 3.63) is 12.2 Å². The maximum Gasteiger partial charge on any atom is 0.172 e. The molecule has 1 unspecified atom stereocenters. The molecule has 1 atom stereocenters. The zero-order chi connectivity index (χ0) is 7.78. The third kappa shape index (κ3) is 1.45. The molecule has 56 valence electrons. The first-order valence-corrected chi connectivity index (χ1v) is 3.50. The van der Waals surface area contributed by atoms with Crippen LogP contribution in [-0.2, 0) is 4.79 Å². The first-order valence-electron chi connectivity index (χ1n) is 3.50. The van der Waals surface area contributed by atoms with Gasteiger partial charge in [0, 0.05) is 0 Å². The quantitative estimate of drug-likeness (QED) is 0.541. The maximum atomic E-state index is 10.9. The molecule has 10 heavy (non-hydrogen) atoms. The normalized spacial score (nSPS) is 30.7. The lowest BCUT2D eigenvalue weighted by Gasteiger charge is -2.26. The molecule has 0 saturated heterocycles. The lowest BCUT2D eigenvalue weighted by atomic mass is 9.80. The van der Waals surface area contributed by atoms with Gasteiger partial charge in [0.25, 0.3) is 0 Å². The highest BCUT2D eigenvalue weighted by Crippen LogP contribution is 2.27. The second-order valence-electron chi connectivity index (χ2n) is 3.53. The van der Waals surface area contributed by atoms with Crippen molar-refractivity contribution in [2.45, 2.75) is 26.3 Å². The molecule has 0 aliphatic heterocycles.